The maximum atomic E-state index is 12.1. The molecule has 1 N–H and O–H groups in total. The summed E-state index contributed by atoms with van der Waals surface area (Å²) in [6.07, 6.45) is 5.71. The van der Waals surface area contributed by atoms with Gasteiger partial charge in [0.2, 0.25) is 0 Å². The molecule has 0 aromatic rings. The van der Waals surface area contributed by atoms with Crippen LogP contribution in [0.25, 0.3) is 0 Å². The summed E-state index contributed by atoms with van der Waals surface area (Å²) in [5.74, 6) is 1.95. The molecule has 1 aliphatic rings. The molecule has 0 aliphatic carbocycles. The molecule has 1 aliphatic heterocycles. The third kappa shape index (κ3) is 3.89. The summed E-state index contributed by atoms with van der Waals surface area (Å²) in [4.78, 5) is 12.1. The maximum absolute atomic E-state index is 12.1. The Morgan fingerprint density at radius 2 is 2.12 bits per heavy atom. The Morgan fingerprint density at radius 3 is 2.62 bits per heavy atom. The molecule has 2 heteroatoms. The number of carbonyl (C=O) groups is 1. The Labute approximate surface area is 100 Å². The summed E-state index contributed by atoms with van der Waals surface area (Å²) in [6.45, 7) is 8.55. The molecule has 16 heavy (non-hydrogen) atoms. The lowest BCUT2D eigenvalue weighted by Crippen LogP contribution is -2.23. The van der Waals surface area contributed by atoms with Gasteiger partial charge < -0.3 is 5.32 Å². The largest absolute Gasteiger partial charge is 0.316 e. The number of hydrogen-bond donors (Lipinski definition) is 1. The normalized spacial score (nSPS) is 26.9. The van der Waals surface area contributed by atoms with E-state index >= 15 is 0 Å². The van der Waals surface area contributed by atoms with Gasteiger partial charge in [-0.05, 0) is 18.4 Å². The number of ketones is 1. The van der Waals surface area contributed by atoms with E-state index in [1.54, 1.807) is 0 Å². The van der Waals surface area contributed by atoms with Crippen molar-refractivity contribution in [3.63, 3.8) is 0 Å². The van der Waals surface area contributed by atoms with Crippen LogP contribution >= 0.6 is 0 Å². The van der Waals surface area contributed by atoms with Gasteiger partial charge in [0.15, 0.2) is 0 Å². The van der Waals surface area contributed by atoms with E-state index in [1.807, 2.05) is 0 Å². The van der Waals surface area contributed by atoms with Gasteiger partial charge in [0.25, 0.3) is 0 Å². The average Bonchev–Trinajstić information content (AvgIpc) is 2.70. The fourth-order valence-corrected chi connectivity index (χ4v) is 2.62. The van der Waals surface area contributed by atoms with Gasteiger partial charge in [0, 0.05) is 18.9 Å². The SMILES string of the molecule is CCCCC(CC)CC(=O)C1CNCC1C. The van der Waals surface area contributed by atoms with Gasteiger partial charge in [-0.2, -0.15) is 0 Å². The Bertz CT molecular complexity index is 215. The highest BCUT2D eigenvalue weighted by molar-refractivity contribution is 5.82. The van der Waals surface area contributed by atoms with Crippen molar-refractivity contribution in [3.8, 4) is 0 Å². The highest BCUT2D eigenvalue weighted by Gasteiger charge is 2.30. The molecular weight excluding hydrogens is 198 g/mol. The Balaban J connectivity index is 2.35. The van der Waals surface area contributed by atoms with Crippen LogP contribution in [0.4, 0.5) is 0 Å². The summed E-state index contributed by atoms with van der Waals surface area (Å²) in [5.41, 5.74) is 0. The third-order valence-electron chi connectivity index (χ3n) is 3.96. The van der Waals surface area contributed by atoms with Gasteiger partial charge >= 0.3 is 0 Å². The molecule has 0 spiro atoms. The van der Waals surface area contributed by atoms with Gasteiger partial charge in [0.05, 0.1) is 0 Å². The summed E-state index contributed by atoms with van der Waals surface area (Å²) in [6, 6.07) is 0. The lowest BCUT2D eigenvalue weighted by Gasteiger charge is -2.18. The monoisotopic (exact) mass is 225 g/mol. The van der Waals surface area contributed by atoms with E-state index in [9.17, 15) is 4.79 Å². The van der Waals surface area contributed by atoms with Crippen molar-refractivity contribution >= 4 is 5.78 Å². The van der Waals surface area contributed by atoms with Crippen molar-refractivity contribution in [3.05, 3.63) is 0 Å². The predicted molar refractivity (Wildman–Crippen MR) is 68.5 cm³/mol. The van der Waals surface area contributed by atoms with Crippen LogP contribution in [0.1, 0.15) is 52.9 Å². The molecule has 0 radical (unpaired) electrons. The van der Waals surface area contributed by atoms with Gasteiger partial charge in [-0.25, -0.2) is 0 Å². The quantitative estimate of drug-likeness (QED) is 0.721. The topological polar surface area (TPSA) is 29.1 Å². The average molecular weight is 225 g/mol. The molecule has 1 saturated heterocycles. The molecule has 0 saturated carbocycles. The van der Waals surface area contributed by atoms with Crippen LogP contribution in [0, 0.1) is 17.8 Å². The first-order valence-corrected chi connectivity index (χ1v) is 6.92. The molecule has 94 valence electrons. The summed E-state index contributed by atoms with van der Waals surface area (Å²) in [5, 5.41) is 3.32. The second-order valence-corrected chi connectivity index (χ2v) is 5.33. The van der Waals surface area contributed by atoms with E-state index in [2.05, 4.69) is 26.1 Å². The molecule has 1 fully saturated rings. The fourth-order valence-electron chi connectivity index (χ4n) is 2.62. The summed E-state index contributed by atoms with van der Waals surface area (Å²) >= 11 is 0. The molecule has 1 rings (SSSR count). The van der Waals surface area contributed by atoms with Crippen molar-refractivity contribution in [1.29, 1.82) is 0 Å². The van der Waals surface area contributed by atoms with Gasteiger partial charge in [-0.3, -0.25) is 4.79 Å². The van der Waals surface area contributed by atoms with E-state index in [0.29, 0.717) is 17.6 Å². The predicted octanol–water partition coefficient (Wildman–Crippen LogP) is 3.02. The zero-order chi connectivity index (χ0) is 12.0. The number of hydrogen-bond acceptors (Lipinski definition) is 2. The van der Waals surface area contributed by atoms with Crippen LogP contribution in [0.3, 0.4) is 0 Å². The van der Waals surface area contributed by atoms with Crippen LogP contribution in [0.15, 0.2) is 0 Å². The van der Waals surface area contributed by atoms with Crippen LogP contribution in [-0.4, -0.2) is 18.9 Å². The highest BCUT2D eigenvalue weighted by Crippen LogP contribution is 2.24. The lowest BCUT2D eigenvalue weighted by atomic mass is 9.85. The van der Waals surface area contributed by atoms with Crippen molar-refractivity contribution in [2.24, 2.45) is 17.8 Å². The zero-order valence-corrected chi connectivity index (χ0v) is 11.1. The minimum absolute atomic E-state index is 0.288. The van der Waals surface area contributed by atoms with Gasteiger partial charge in [-0.15, -0.1) is 0 Å². The van der Waals surface area contributed by atoms with E-state index in [4.69, 9.17) is 0 Å². The number of Topliss-reactive ketones (excluding diaryl/α,β-unsaturated/α-hetero) is 1. The molecule has 3 unspecified atom stereocenters. The number of unbranched alkanes of at least 4 members (excludes halogenated alkanes) is 1. The third-order valence-corrected chi connectivity index (χ3v) is 3.96. The maximum Gasteiger partial charge on any atom is 0.137 e. The van der Waals surface area contributed by atoms with Gasteiger partial charge in [-0.1, -0.05) is 46.5 Å². The van der Waals surface area contributed by atoms with Gasteiger partial charge in [0.1, 0.15) is 5.78 Å². The summed E-state index contributed by atoms with van der Waals surface area (Å²) < 4.78 is 0. The highest BCUT2D eigenvalue weighted by atomic mass is 16.1. The number of rotatable bonds is 7. The molecule has 0 bridgehead atoms. The standard InChI is InChI=1S/C14H27NO/c1-4-6-7-12(5-2)8-14(16)13-10-15-9-11(13)3/h11-13,15H,4-10H2,1-3H3. The Morgan fingerprint density at radius 1 is 1.38 bits per heavy atom. The van der Waals surface area contributed by atoms with E-state index < -0.39 is 0 Å². The molecule has 1 heterocycles. The smallest absolute Gasteiger partial charge is 0.137 e. The minimum atomic E-state index is 0.288. The lowest BCUT2D eigenvalue weighted by molar-refractivity contribution is -0.124. The molecule has 0 aromatic carbocycles. The molecule has 0 amide bonds. The van der Waals surface area contributed by atoms with Crippen LogP contribution in [0.2, 0.25) is 0 Å². The minimum Gasteiger partial charge on any atom is -0.316 e. The van der Waals surface area contributed by atoms with Crippen LogP contribution in [0.5, 0.6) is 0 Å². The van der Waals surface area contributed by atoms with Crippen molar-refractivity contribution in [2.45, 2.75) is 52.9 Å². The van der Waals surface area contributed by atoms with Crippen molar-refractivity contribution in [2.75, 3.05) is 13.1 Å². The first kappa shape index (κ1) is 13.7. The van der Waals surface area contributed by atoms with E-state index in [0.717, 1.165) is 25.9 Å². The molecule has 0 aromatic heterocycles. The Hall–Kier alpha value is -0.370. The Kier molecular flexibility index (Phi) is 6.04. The number of carbonyl (C=O) groups excluding carboxylic acids is 1. The second-order valence-electron chi connectivity index (χ2n) is 5.33. The summed E-state index contributed by atoms with van der Waals surface area (Å²) in [7, 11) is 0. The number of nitrogens with one attached hydrogen (secondary N) is 1. The first-order chi connectivity index (χ1) is 7.69. The zero-order valence-electron chi connectivity index (χ0n) is 11.1. The molecular formula is C14H27NO. The van der Waals surface area contributed by atoms with E-state index in [-0.39, 0.29) is 5.92 Å². The van der Waals surface area contributed by atoms with E-state index in [1.165, 1.54) is 19.3 Å². The van der Waals surface area contributed by atoms with Crippen LogP contribution < -0.4 is 5.32 Å². The second kappa shape index (κ2) is 7.05. The molecule has 3 atom stereocenters. The van der Waals surface area contributed by atoms with Crippen molar-refractivity contribution < 1.29 is 4.79 Å². The van der Waals surface area contributed by atoms with Crippen molar-refractivity contribution in [1.82, 2.24) is 5.32 Å². The fraction of sp³-hybridized carbons (Fsp3) is 0.929. The first-order valence-electron chi connectivity index (χ1n) is 6.92. The molecule has 2 nitrogen and oxygen atoms in total. The van der Waals surface area contributed by atoms with Crippen LogP contribution in [-0.2, 0) is 4.79 Å².